The second-order valence-electron chi connectivity index (χ2n) is 8.16. The third-order valence-corrected chi connectivity index (χ3v) is 5.84. The fourth-order valence-electron chi connectivity index (χ4n) is 3.91. The standard InChI is InChI=1S/C24H23N9O4/c1-32-16-10-14(11-17(36-2)20(16)37-12-18(32)34)19(29-15-6-4-13(5-7-15)21(25)26)22-30-24(35)33(31-22)23-27-8-3-9-28-23/h3-11,19,29H,12H2,1-2H3,(H3,25,26)(H,30,31,35). The molecule has 1 aliphatic heterocycles. The molecule has 2 aromatic carbocycles. The van der Waals surface area contributed by atoms with E-state index in [0.29, 0.717) is 34.0 Å². The van der Waals surface area contributed by atoms with Crippen LogP contribution in [0.4, 0.5) is 11.4 Å². The molecule has 0 fully saturated rings. The summed E-state index contributed by atoms with van der Waals surface area (Å²) in [6, 6.07) is 11.4. The second kappa shape index (κ2) is 9.45. The van der Waals surface area contributed by atoms with Gasteiger partial charge in [0.1, 0.15) is 11.9 Å². The van der Waals surface area contributed by atoms with E-state index in [1.54, 1.807) is 49.5 Å². The van der Waals surface area contributed by atoms with Crippen LogP contribution in [0.1, 0.15) is 23.0 Å². The second-order valence-corrected chi connectivity index (χ2v) is 8.16. The smallest absolute Gasteiger partial charge is 0.350 e. The minimum absolute atomic E-state index is 0.0545. The number of nitrogen functional groups attached to an aromatic ring is 1. The highest BCUT2D eigenvalue weighted by molar-refractivity contribution is 5.98. The normalized spacial score (nSPS) is 13.5. The molecule has 5 N–H and O–H groups in total. The van der Waals surface area contributed by atoms with Gasteiger partial charge in [0.05, 0.1) is 12.8 Å². The van der Waals surface area contributed by atoms with Crippen molar-refractivity contribution in [3.8, 4) is 17.4 Å². The Morgan fingerprint density at radius 2 is 1.95 bits per heavy atom. The summed E-state index contributed by atoms with van der Waals surface area (Å²) >= 11 is 0. The van der Waals surface area contributed by atoms with E-state index in [0.717, 1.165) is 4.68 Å². The van der Waals surface area contributed by atoms with Gasteiger partial charge in [0.15, 0.2) is 23.9 Å². The molecule has 0 spiro atoms. The number of methoxy groups -OCH3 is 1. The van der Waals surface area contributed by atoms with Gasteiger partial charge in [-0.15, -0.1) is 9.78 Å². The Labute approximate surface area is 210 Å². The Morgan fingerprint density at radius 3 is 2.62 bits per heavy atom. The summed E-state index contributed by atoms with van der Waals surface area (Å²) in [7, 11) is 3.16. The summed E-state index contributed by atoms with van der Waals surface area (Å²) in [4.78, 5) is 37.6. The summed E-state index contributed by atoms with van der Waals surface area (Å²) in [6.45, 7) is -0.0990. The number of hydrogen-bond donors (Lipinski definition) is 4. The Balaban J connectivity index is 1.64. The number of nitrogens with one attached hydrogen (secondary N) is 3. The number of nitrogens with zero attached hydrogens (tertiary/aromatic N) is 5. The average molecular weight is 502 g/mol. The summed E-state index contributed by atoms with van der Waals surface area (Å²) < 4.78 is 12.3. The third kappa shape index (κ3) is 4.45. The van der Waals surface area contributed by atoms with Gasteiger partial charge in [-0.25, -0.2) is 14.8 Å². The number of amidine groups is 1. The summed E-state index contributed by atoms with van der Waals surface area (Å²) in [5.74, 6) is 0.964. The highest BCUT2D eigenvalue weighted by Gasteiger charge is 2.29. The first kappa shape index (κ1) is 23.5. The Bertz CT molecular complexity index is 1530. The molecule has 13 nitrogen and oxygen atoms in total. The number of amides is 1. The van der Waals surface area contributed by atoms with Crippen LogP contribution in [-0.2, 0) is 4.79 Å². The van der Waals surface area contributed by atoms with Crippen molar-refractivity contribution in [2.75, 3.05) is 31.0 Å². The maximum absolute atomic E-state index is 12.8. The van der Waals surface area contributed by atoms with Crippen LogP contribution < -0.4 is 31.1 Å². The molecular weight excluding hydrogens is 478 g/mol. The van der Waals surface area contributed by atoms with Gasteiger partial charge in [0, 0.05) is 30.7 Å². The molecule has 1 amide bonds. The SMILES string of the molecule is COc1cc(C(Nc2ccc(C(=N)N)cc2)c2nn(-c3ncccn3)c(=O)[nH]2)cc2c1OCC(=O)N2C. The summed E-state index contributed by atoms with van der Waals surface area (Å²) in [6.07, 6.45) is 3.02. The zero-order valence-corrected chi connectivity index (χ0v) is 19.9. The molecule has 1 aliphatic rings. The lowest BCUT2D eigenvalue weighted by atomic mass is 10.0. The predicted octanol–water partition coefficient (Wildman–Crippen LogP) is 1.20. The third-order valence-electron chi connectivity index (χ3n) is 5.84. The monoisotopic (exact) mass is 501 g/mol. The molecule has 0 radical (unpaired) electrons. The minimum Gasteiger partial charge on any atom is -0.493 e. The number of fused-ring (bicyclic) bond motifs is 1. The summed E-state index contributed by atoms with van der Waals surface area (Å²) in [5, 5.41) is 15.4. The van der Waals surface area contributed by atoms with Crippen molar-refractivity contribution in [2.24, 2.45) is 5.73 Å². The number of likely N-dealkylation sites (N-methyl/N-ethyl adjacent to an activating group) is 1. The number of aromatic amines is 1. The van der Waals surface area contributed by atoms with Crippen LogP contribution in [0.15, 0.2) is 59.7 Å². The molecule has 5 rings (SSSR count). The van der Waals surface area contributed by atoms with Gasteiger partial charge >= 0.3 is 5.69 Å². The molecule has 0 saturated heterocycles. The van der Waals surface area contributed by atoms with E-state index in [9.17, 15) is 9.59 Å². The number of carbonyl (C=O) groups excluding carboxylic acids is 1. The van der Waals surface area contributed by atoms with Gasteiger partial charge < -0.3 is 25.4 Å². The fourth-order valence-corrected chi connectivity index (χ4v) is 3.91. The predicted molar refractivity (Wildman–Crippen MR) is 135 cm³/mol. The lowest BCUT2D eigenvalue weighted by Gasteiger charge is -2.29. The highest BCUT2D eigenvalue weighted by Crippen LogP contribution is 2.43. The van der Waals surface area contributed by atoms with E-state index in [2.05, 4.69) is 25.4 Å². The van der Waals surface area contributed by atoms with Crippen LogP contribution in [-0.4, -0.2) is 57.2 Å². The van der Waals surface area contributed by atoms with E-state index >= 15 is 0 Å². The number of H-pyrrole nitrogens is 1. The van der Waals surface area contributed by atoms with Crippen LogP contribution >= 0.6 is 0 Å². The molecular formula is C24H23N9O4. The van der Waals surface area contributed by atoms with Crippen LogP contribution in [0.5, 0.6) is 11.5 Å². The van der Waals surface area contributed by atoms with Gasteiger partial charge in [0.25, 0.3) is 11.9 Å². The molecule has 13 heteroatoms. The lowest BCUT2D eigenvalue weighted by molar-refractivity contribution is -0.121. The molecule has 2 aromatic heterocycles. The van der Waals surface area contributed by atoms with E-state index in [-0.39, 0.29) is 30.1 Å². The van der Waals surface area contributed by atoms with Crippen molar-refractivity contribution < 1.29 is 14.3 Å². The molecule has 4 aromatic rings. The number of rotatable bonds is 7. The van der Waals surface area contributed by atoms with Gasteiger partial charge in [-0.1, -0.05) is 0 Å². The molecule has 37 heavy (non-hydrogen) atoms. The first-order chi connectivity index (χ1) is 17.9. The van der Waals surface area contributed by atoms with Gasteiger partial charge in [-0.2, -0.15) is 0 Å². The zero-order valence-electron chi connectivity index (χ0n) is 19.9. The van der Waals surface area contributed by atoms with Crippen molar-refractivity contribution in [2.45, 2.75) is 6.04 Å². The van der Waals surface area contributed by atoms with Crippen molar-refractivity contribution in [1.29, 1.82) is 5.41 Å². The van der Waals surface area contributed by atoms with E-state index in [4.69, 9.17) is 20.6 Å². The number of ether oxygens (including phenoxy) is 2. The molecule has 188 valence electrons. The fraction of sp³-hybridized carbons (Fsp3) is 0.167. The Morgan fingerprint density at radius 1 is 1.22 bits per heavy atom. The largest absolute Gasteiger partial charge is 0.493 e. The minimum atomic E-state index is -0.703. The van der Waals surface area contributed by atoms with Gasteiger partial charge in [0.2, 0.25) is 0 Å². The Hall–Kier alpha value is -5.20. The maximum atomic E-state index is 12.8. The van der Waals surface area contributed by atoms with Gasteiger partial charge in [-0.3, -0.25) is 15.2 Å². The molecule has 3 heterocycles. The van der Waals surface area contributed by atoms with Crippen LogP contribution in [0.3, 0.4) is 0 Å². The van der Waals surface area contributed by atoms with Crippen molar-refractivity contribution in [3.63, 3.8) is 0 Å². The average Bonchev–Trinajstić information content (AvgIpc) is 3.30. The molecule has 1 atom stereocenters. The number of carbonyl (C=O) groups is 1. The number of anilines is 2. The number of nitrogens with two attached hydrogens (primary N) is 1. The van der Waals surface area contributed by atoms with Crippen LogP contribution in [0.25, 0.3) is 5.95 Å². The quantitative estimate of drug-likeness (QED) is 0.214. The molecule has 0 bridgehead atoms. The van der Waals surface area contributed by atoms with Crippen LogP contribution in [0, 0.1) is 5.41 Å². The Kier molecular flexibility index (Phi) is 6.01. The van der Waals surface area contributed by atoms with Crippen molar-refractivity contribution >= 4 is 23.1 Å². The highest BCUT2D eigenvalue weighted by atomic mass is 16.5. The van der Waals surface area contributed by atoms with E-state index < -0.39 is 11.7 Å². The maximum Gasteiger partial charge on any atom is 0.350 e. The van der Waals surface area contributed by atoms with Crippen molar-refractivity contribution in [3.05, 3.63) is 82.3 Å². The number of hydrogen-bond acceptors (Lipinski definition) is 9. The summed E-state index contributed by atoms with van der Waals surface area (Å²) in [5.41, 5.74) is 7.43. The first-order valence-electron chi connectivity index (χ1n) is 11.1. The zero-order chi connectivity index (χ0) is 26.1. The topological polar surface area (TPSA) is 177 Å². The first-order valence-corrected chi connectivity index (χ1v) is 11.1. The molecule has 0 aliphatic carbocycles. The van der Waals surface area contributed by atoms with Crippen molar-refractivity contribution in [1.82, 2.24) is 24.7 Å². The number of aromatic nitrogens is 5. The van der Waals surface area contributed by atoms with Gasteiger partial charge in [-0.05, 0) is 48.0 Å². The molecule has 1 unspecified atom stereocenters. The van der Waals surface area contributed by atoms with E-state index in [1.807, 2.05) is 0 Å². The molecule has 0 saturated carbocycles. The number of benzene rings is 2. The van der Waals surface area contributed by atoms with E-state index in [1.165, 1.54) is 24.4 Å². The van der Waals surface area contributed by atoms with Crippen LogP contribution in [0.2, 0.25) is 0 Å². The lowest BCUT2D eigenvalue weighted by Crippen LogP contribution is -2.35.